The number of aryl methyl sites for hydroxylation is 1. The number of benzene rings is 1. The van der Waals surface area contributed by atoms with Crippen LogP contribution in [0.2, 0.25) is 0 Å². The summed E-state index contributed by atoms with van der Waals surface area (Å²) in [4.78, 5) is 0. The molecule has 1 heteroatoms. The molecule has 0 spiro atoms. The van der Waals surface area contributed by atoms with Crippen molar-refractivity contribution in [3.05, 3.63) is 35.4 Å². The normalized spacial score (nSPS) is 14.4. The molecule has 1 aromatic carbocycles. The molecule has 0 radical (unpaired) electrons. The molecule has 0 saturated carbocycles. The van der Waals surface area contributed by atoms with Crippen molar-refractivity contribution >= 4 is 0 Å². The van der Waals surface area contributed by atoms with Gasteiger partial charge in [0.15, 0.2) is 0 Å². The molecule has 0 aliphatic rings. The average molecular weight is 247 g/mol. The van der Waals surface area contributed by atoms with Crippen molar-refractivity contribution in [3.63, 3.8) is 0 Å². The van der Waals surface area contributed by atoms with Crippen molar-refractivity contribution in [1.29, 1.82) is 0 Å². The van der Waals surface area contributed by atoms with Crippen LogP contribution >= 0.6 is 0 Å². The molecule has 102 valence electrons. The van der Waals surface area contributed by atoms with E-state index >= 15 is 0 Å². The van der Waals surface area contributed by atoms with Crippen LogP contribution in [0.3, 0.4) is 0 Å². The Morgan fingerprint density at radius 2 is 1.89 bits per heavy atom. The Balaban J connectivity index is 2.73. The number of rotatable bonds is 8. The van der Waals surface area contributed by atoms with Gasteiger partial charge in [-0.15, -0.1) is 0 Å². The molecule has 18 heavy (non-hydrogen) atoms. The summed E-state index contributed by atoms with van der Waals surface area (Å²) < 4.78 is 0. The lowest BCUT2D eigenvalue weighted by atomic mass is 9.87. The number of hydrogen-bond donors (Lipinski definition) is 1. The highest BCUT2D eigenvalue weighted by atomic mass is 14.6. The van der Waals surface area contributed by atoms with Crippen LogP contribution in [-0.4, -0.2) is 0 Å². The second-order valence-electron chi connectivity index (χ2n) is 5.33. The Hall–Kier alpha value is -0.820. The van der Waals surface area contributed by atoms with E-state index in [0.717, 1.165) is 6.42 Å². The molecule has 0 saturated heterocycles. The third kappa shape index (κ3) is 4.45. The third-order valence-electron chi connectivity index (χ3n) is 3.84. The van der Waals surface area contributed by atoms with Crippen LogP contribution in [0.15, 0.2) is 24.3 Å². The van der Waals surface area contributed by atoms with Crippen molar-refractivity contribution in [1.82, 2.24) is 0 Å². The van der Waals surface area contributed by atoms with Crippen molar-refractivity contribution in [2.24, 2.45) is 11.7 Å². The third-order valence-corrected chi connectivity index (χ3v) is 3.84. The fourth-order valence-corrected chi connectivity index (χ4v) is 2.62. The maximum absolute atomic E-state index is 6.46. The van der Waals surface area contributed by atoms with Gasteiger partial charge in [-0.25, -0.2) is 0 Å². The predicted octanol–water partition coefficient (Wildman–Crippen LogP) is 4.86. The molecule has 0 aromatic heterocycles. The SMILES string of the molecule is CCCCC(CC)C(N)c1cccc(CCC)c1. The molecule has 0 aliphatic carbocycles. The molecule has 0 amide bonds. The minimum Gasteiger partial charge on any atom is -0.324 e. The summed E-state index contributed by atoms with van der Waals surface area (Å²) in [5.74, 6) is 0.627. The van der Waals surface area contributed by atoms with Gasteiger partial charge in [-0.05, 0) is 29.9 Å². The number of unbranched alkanes of at least 4 members (excludes halogenated alkanes) is 1. The largest absolute Gasteiger partial charge is 0.324 e. The summed E-state index contributed by atoms with van der Waals surface area (Å²) in [6, 6.07) is 9.08. The summed E-state index contributed by atoms with van der Waals surface area (Å²) in [5.41, 5.74) is 9.21. The zero-order valence-corrected chi connectivity index (χ0v) is 12.3. The Morgan fingerprint density at radius 1 is 1.11 bits per heavy atom. The Morgan fingerprint density at radius 3 is 2.50 bits per heavy atom. The quantitative estimate of drug-likeness (QED) is 0.698. The molecule has 0 fully saturated rings. The van der Waals surface area contributed by atoms with Crippen LogP contribution in [0, 0.1) is 5.92 Å². The van der Waals surface area contributed by atoms with Gasteiger partial charge in [0.25, 0.3) is 0 Å². The Labute approximate surface area is 113 Å². The van der Waals surface area contributed by atoms with E-state index in [-0.39, 0.29) is 6.04 Å². The standard InChI is InChI=1S/C17H29N/c1-4-7-11-15(6-3)17(18)16-12-8-10-14(13-16)9-5-2/h8,10,12-13,15,17H,4-7,9,11,18H2,1-3H3. The lowest BCUT2D eigenvalue weighted by Crippen LogP contribution is -2.21. The van der Waals surface area contributed by atoms with E-state index in [1.54, 1.807) is 0 Å². The van der Waals surface area contributed by atoms with E-state index in [0.29, 0.717) is 5.92 Å². The highest BCUT2D eigenvalue weighted by Gasteiger charge is 2.17. The van der Waals surface area contributed by atoms with Crippen LogP contribution in [0.4, 0.5) is 0 Å². The van der Waals surface area contributed by atoms with E-state index in [4.69, 9.17) is 5.73 Å². The Kier molecular flexibility index (Phi) is 7.04. The maximum Gasteiger partial charge on any atom is 0.0323 e. The minimum absolute atomic E-state index is 0.207. The van der Waals surface area contributed by atoms with Gasteiger partial charge < -0.3 is 5.73 Å². The summed E-state index contributed by atoms with van der Waals surface area (Å²) in [5, 5.41) is 0. The second-order valence-corrected chi connectivity index (χ2v) is 5.33. The summed E-state index contributed by atoms with van der Waals surface area (Å²) in [6.07, 6.45) is 7.35. The monoisotopic (exact) mass is 247 g/mol. The first kappa shape index (κ1) is 15.2. The molecule has 1 rings (SSSR count). The first-order chi connectivity index (χ1) is 8.72. The van der Waals surface area contributed by atoms with Gasteiger partial charge in [0.05, 0.1) is 0 Å². The molecule has 2 N–H and O–H groups in total. The summed E-state index contributed by atoms with van der Waals surface area (Å²) in [6.45, 7) is 6.74. The second kappa shape index (κ2) is 8.31. The topological polar surface area (TPSA) is 26.0 Å². The fourth-order valence-electron chi connectivity index (χ4n) is 2.62. The van der Waals surface area contributed by atoms with Crippen molar-refractivity contribution < 1.29 is 0 Å². The molecule has 0 aliphatic heterocycles. The van der Waals surface area contributed by atoms with Crippen LogP contribution in [0.1, 0.15) is 70.0 Å². The van der Waals surface area contributed by atoms with Crippen LogP contribution in [0.25, 0.3) is 0 Å². The number of hydrogen-bond acceptors (Lipinski definition) is 1. The van der Waals surface area contributed by atoms with E-state index in [9.17, 15) is 0 Å². The number of nitrogens with two attached hydrogens (primary N) is 1. The fraction of sp³-hybridized carbons (Fsp3) is 0.647. The first-order valence-corrected chi connectivity index (χ1v) is 7.57. The van der Waals surface area contributed by atoms with E-state index in [1.165, 1.54) is 43.2 Å². The molecular formula is C17H29N. The summed E-state index contributed by atoms with van der Waals surface area (Å²) in [7, 11) is 0. The van der Waals surface area contributed by atoms with Crippen LogP contribution in [0.5, 0.6) is 0 Å². The highest BCUT2D eigenvalue weighted by molar-refractivity contribution is 5.26. The van der Waals surface area contributed by atoms with Gasteiger partial charge in [0.1, 0.15) is 0 Å². The smallest absolute Gasteiger partial charge is 0.0323 e. The van der Waals surface area contributed by atoms with Crippen LogP contribution < -0.4 is 5.73 Å². The highest BCUT2D eigenvalue weighted by Crippen LogP contribution is 2.27. The maximum atomic E-state index is 6.46. The van der Waals surface area contributed by atoms with Crippen molar-refractivity contribution in [2.45, 2.75) is 65.3 Å². The summed E-state index contributed by atoms with van der Waals surface area (Å²) >= 11 is 0. The van der Waals surface area contributed by atoms with Gasteiger partial charge in [-0.2, -0.15) is 0 Å². The van der Waals surface area contributed by atoms with Gasteiger partial charge >= 0.3 is 0 Å². The van der Waals surface area contributed by atoms with Gasteiger partial charge in [0.2, 0.25) is 0 Å². The van der Waals surface area contributed by atoms with E-state index in [1.807, 2.05) is 0 Å². The van der Waals surface area contributed by atoms with Gasteiger partial charge in [-0.3, -0.25) is 0 Å². The first-order valence-electron chi connectivity index (χ1n) is 7.57. The molecule has 2 unspecified atom stereocenters. The zero-order valence-electron chi connectivity index (χ0n) is 12.3. The molecule has 1 aromatic rings. The van der Waals surface area contributed by atoms with Gasteiger partial charge in [0, 0.05) is 6.04 Å². The van der Waals surface area contributed by atoms with Gasteiger partial charge in [-0.1, -0.05) is 70.7 Å². The van der Waals surface area contributed by atoms with E-state index in [2.05, 4.69) is 45.0 Å². The van der Waals surface area contributed by atoms with E-state index < -0.39 is 0 Å². The molecule has 1 nitrogen and oxygen atoms in total. The predicted molar refractivity (Wildman–Crippen MR) is 80.7 cm³/mol. The molecule has 0 bridgehead atoms. The molecule has 2 atom stereocenters. The molecule has 0 heterocycles. The lowest BCUT2D eigenvalue weighted by Gasteiger charge is -2.23. The zero-order chi connectivity index (χ0) is 13.4. The molecular weight excluding hydrogens is 218 g/mol. The van der Waals surface area contributed by atoms with Crippen LogP contribution in [-0.2, 0) is 6.42 Å². The lowest BCUT2D eigenvalue weighted by molar-refractivity contribution is 0.378. The van der Waals surface area contributed by atoms with Crippen molar-refractivity contribution in [2.75, 3.05) is 0 Å². The Bertz CT molecular complexity index is 332. The average Bonchev–Trinajstić information content (AvgIpc) is 2.40. The minimum atomic E-state index is 0.207. The van der Waals surface area contributed by atoms with Crippen molar-refractivity contribution in [3.8, 4) is 0 Å².